The van der Waals surface area contributed by atoms with Crippen LogP contribution in [0.25, 0.3) is 11.3 Å². The van der Waals surface area contributed by atoms with E-state index in [9.17, 15) is 4.79 Å². The number of benzene rings is 1. The van der Waals surface area contributed by atoms with Gasteiger partial charge in [-0.05, 0) is 69.9 Å². The summed E-state index contributed by atoms with van der Waals surface area (Å²) in [4.78, 5) is 11.7. The van der Waals surface area contributed by atoms with Crippen molar-refractivity contribution in [1.29, 1.82) is 0 Å². The SMILES string of the molecule is O=C(OCc1cc(-c2ccc(Cl)cc2)no1)[C]1[CH][CH][CH][CH]1.[CH]1[CH][CH][CH][CH]1.[Fe+3]. The van der Waals surface area contributed by atoms with Crippen LogP contribution in [0, 0.1) is 63.7 Å². The Morgan fingerprint density at radius 2 is 1.56 bits per heavy atom. The molecule has 135 valence electrons. The molecule has 0 atom stereocenters. The van der Waals surface area contributed by atoms with Crippen LogP contribution in [0.4, 0.5) is 0 Å². The van der Waals surface area contributed by atoms with E-state index in [0.29, 0.717) is 22.4 Å². The molecule has 1 heterocycles. The molecule has 0 saturated heterocycles. The number of carbonyl (C=O) groups excluding carboxylic acids is 1. The van der Waals surface area contributed by atoms with Crippen LogP contribution in [0.5, 0.6) is 0 Å². The monoisotopic (exact) mass is 421 g/mol. The van der Waals surface area contributed by atoms with Gasteiger partial charge < -0.3 is 9.26 Å². The van der Waals surface area contributed by atoms with Gasteiger partial charge in [0.25, 0.3) is 0 Å². The summed E-state index contributed by atoms with van der Waals surface area (Å²) >= 11 is 5.84. The number of rotatable bonds is 4. The number of halogens is 1. The van der Waals surface area contributed by atoms with Crippen LogP contribution < -0.4 is 0 Å². The molecule has 2 saturated carbocycles. The van der Waals surface area contributed by atoms with Gasteiger partial charge in [-0.25, -0.2) is 0 Å². The van der Waals surface area contributed by atoms with E-state index in [0.717, 1.165) is 5.56 Å². The Morgan fingerprint density at radius 1 is 0.963 bits per heavy atom. The van der Waals surface area contributed by atoms with Crippen LogP contribution in [0.1, 0.15) is 5.76 Å². The molecule has 2 fully saturated rings. The van der Waals surface area contributed by atoms with Crippen LogP contribution in [0.15, 0.2) is 34.9 Å². The van der Waals surface area contributed by atoms with E-state index in [-0.39, 0.29) is 29.6 Å². The van der Waals surface area contributed by atoms with E-state index in [1.54, 1.807) is 43.9 Å². The smallest absolute Gasteiger partial charge is 0.457 e. The molecule has 2 aliphatic carbocycles. The zero-order valence-corrected chi connectivity index (χ0v) is 16.1. The Morgan fingerprint density at radius 3 is 2.15 bits per heavy atom. The van der Waals surface area contributed by atoms with Crippen molar-refractivity contribution in [2.45, 2.75) is 6.61 Å². The molecule has 4 nitrogen and oxygen atoms in total. The molecule has 0 bridgehead atoms. The molecule has 0 unspecified atom stereocenters. The van der Waals surface area contributed by atoms with E-state index >= 15 is 0 Å². The zero-order chi connectivity index (χ0) is 18.2. The van der Waals surface area contributed by atoms with Crippen LogP contribution in [0.3, 0.4) is 0 Å². The molecule has 27 heavy (non-hydrogen) atoms. The molecule has 0 amide bonds. The Labute approximate surface area is 176 Å². The summed E-state index contributed by atoms with van der Waals surface area (Å²) < 4.78 is 10.3. The minimum atomic E-state index is -0.385. The van der Waals surface area contributed by atoms with Gasteiger partial charge in [-0.2, -0.15) is 0 Å². The first-order valence-corrected chi connectivity index (χ1v) is 8.37. The van der Waals surface area contributed by atoms with Gasteiger partial charge in [0.1, 0.15) is 5.69 Å². The number of nitrogens with zero attached hydrogens (tertiary/aromatic N) is 1. The van der Waals surface area contributed by atoms with Crippen LogP contribution in [-0.2, 0) is 33.2 Å². The van der Waals surface area contributed by atoms with E-state index in [2.05, 4.69) is 5.16 Å². The van der Waals surface area contributed by atoms with Crippen molar-refractivity contribution in [3.05, 3.63) is 105 Å². The topological polar surface area (TPSA) is 52.3 Å². The van der Waals surface area contributed by atoms with Crippen molar-refractivity contribution in [3.63, 3.8) is 0 Å². The summed E-state index contributed by atoms with van der Waals surface area (Å²) in [6, 6.07) is 8.99. The van der Waals surface area contributed by atoms with Crippen molar-refractivity contribution in [1.82, 2.24) is 5.16 Å². The zero-order valence-electron chi connectivity index (χ0n) is 14.2. The first-order chi connectivity index (χ1) is 12.7. The largest absolute Gasteiger partial charge is 3.00 e. The fourth-order valence-electron chi connectivity index (χ4n) is 2.19. The second kappa shape index (κ2) is 11.5. The summed E-state index contributed by atoms with van der Waals surface area (Å²) in [5, 5.41) is 4.61. The third-order valence-corrected chi connectivity index (χ3v) is 3.75. The maximum atomic E-state index is 11.7. The predicted octanol–water partition coefficient (Wildman–Crippen LogP) is 4.46. The Balaban J connectivity index is 0.000000379. The first kappa shape index (κ1) is 22.0. The van der Waals surface area contributed by atoms with E-state index in [1.165, 1.54) is 0 Å². The molecule has 6 heteroatoms. The van der Waals surface area contributed by atoms with Crippen molar-refractivity contribution >= 4 is 17.6 Å². The van der Waals surface area contributed by atoms with Crippen LogP contribution >= 0.6 is 11.6 Å². The minimum Gasteiger partial charge on any atom is -0.457 e. The quantitative estimate of drug-likeness (QED) is 0.540. The average Bonchev–Trinajstić information content (AvgIpc) is 3.45. The number of ether oxygens (including phenoxy) is 1. The molecule has 2 aromatic rings. The Bertz CT molecular complexity index is 684. The summed E-state index contributed by atoms with van der Waals surface area (Å²) in [6.45, 7) is 0.0462. The molecule has 2 aliphatic rings. The van der Waals surface area contributed by atoms with Gasteiger partial charge in [0.05, 0.1) is 5.92 Å². The summed E-state index contributed by atoms with van der Waals surface area (Å²) in [5.41, 5.74) is 1.56. The van der Waals surface area contributed by atoms with Gasteiger partial charge in [0, 0.05) is 16.7 Å². The van der Waals surface area contributed by atoms with Crippen LogP contribution in [-0.4, -0.2) is 11.1 Å². The summed E-state index contributed by atoms with van der Waals surface area (Å²) in [6.07, 6.45) is 17.0. The molecule has 1 aromatic carbocycles. The second-order valence-electron chi connectivity index (χ2n) is 5.40. The van der Waals surface area contributed by atoms with E-state index in [4.69, 9.17) is 20.9 Å². The Kier molecular flexibility index (Phi) is 9.40. The van der Waals surface area contributed by atoms with E-state index in [1.807, 2.05) is 44.2 Å². The molecular formula is C21H16ClFeNO3+3. The third kappa shape index (κ3) is 6.99. The van der Waals surface area contributed by atoms with Gasteiger partial charge in [-0.1, -0.05) is 28.9 Å². The normalized spacial score (nSPS) is 16.3. The first-order valence-electron chi connectivity index (χ1n) is 7.99. The van der Waals surface area contributed by atoms with Crippen molar-refractivity contribution in [3.8, 4) is 11.3 Å². The Hall–Kier alpha value is -1.29. The molecule has 4 rings (SSSR count). The fraction of sp³-hybridized carbons (Fsp3) is 0.0476. The summed E-state index contributed by atoms with van der Waals surface area (Å²) in [5.74, 6) is 0.622. The molecule has 0 aliphatic heterocycles. The van der Waals surface area contributed by atoms with Gasteiger partial charge >= 0.3 is 23.0 Å². The summed E-state index contributed by atoms with van der Waals surface area (Å²) in [7, 11) is 0. The van der Waals surface area contributed by atoms with Crippen molar-refractivity contribution in [2.75, 3.05) is 0 Å². The number of esters is 1. The van der Waals surface area contributed by atoms with Crippen LogP contribution in [0.2, 0.25) is 5.02 Å². The number of aromatic nitrogens is 1. The second-order valence-corrected chi connectivity index (χ2v) is 5.83. The molecular weight excluding hydrogens is 406 g/mol. The molecule has 0 spiro atoms. The maximum absolute atomic E-state index is 11.7. The van der Waals surface area contributed by atoms with E-state index < -0.39 is 0 Å². The van der Waals surface area contributed by atoms with Gasteiger partial charge in [0.15, 0.2) is 12.4 Å². The number of carbonyl (C=O) groups is 1. The van der Waals surface area contributed by atoms with Crippen molar-refractivity contribution in [2.24, 2.45) is 0 Å². The third-order valence-electron chi connectivity index (χ3n) is 3.50. The maximum Gasteiger partial charge on any atom is 3.00 e. The van der Waals surface area contributed by atoms with Gasteiger partial charge in [0.2, 0.25) is 0 Å². The molecule has 0 N–H and O–H groups in total. The number of hydrogen-bond donors (Lipinski definition) is 0. The van der Waals surface area contributed by atoms with Gasteiger partial charge in [-0.3, -0.25) is 4.79 Å². The average molecular weight is 422 g/mol. The van der Waals surface area contributed by atoms with Crippen molar-refractivity contribution < 1.29 is 31.1 Å². The minimum absolute atomic E-state index is 0. The standard InChI is InChI=1S/C16H11ClNO3.C5H5.Fe/c17-13-7-5-11(6-8-13)15-9-14(21-18-15)10-20-16(19)12-3-1-2-4-12;1-2-4-5-3-1;/h1-9H,10H2;1-5H;/q;;+3. The molecule has 1 aromatic heterocycles. The molecule has 11 radical (unpaired) electrons. The predicted molar refractivity (Wildman–Crippen MR) is 98.7 cm³/mol. The number of hydrogen-bond acceptors (Lipinski definition) is 4. The van der Waals surface area contributed by atoms with Gasteiger partial charge in [-0.15, -0.1) is 0 Å². The fourth-order valence-corrected chi connectivity index (χ4v) is 2.31.